The molecule has 1 aliphatic heterocycles. The van der Waals surface area contributed by atoms with Gasteiger partial charge in [0.25, 0.3) is 5.91 Å². The van der Waals surface area contributed by atoms with Crippen LogP contribution in [0.25, 0.3) is 0 Å². The molecule has 0 bridgehead atoms. The van der Waals surface area contributed by atoms with E-state index in [9.17, 15) is 9.90 Å². The highest BCUT2D eigenvalue weighted by Crippen LogP contribution is 2.24. The molecule has 23 heavy (non-hydrogen) atoms. The number of methoxy groups -OCH3 is 1. The molecule has 0 spiro atoms. The van der Waals surface area contributed by atoms with Gasteiger partial charge in [0.2, 0.25) is 0 Å². The van der Waals surface area contributed by atoms with Crippen LogP contribution in [0.1, 0.15) is 36.0 Å². The number of rotatable bonds is 3. The minimum atomic E-state index is -0.201. The monoisotopic (exact) mass is 318 g/mol. The van der Waals surface area contributed by atoms with Crippen molar-refractivity contribution in [3.8, 4) is 5.75 Å². The van der Waals surface area contributed by atoms with Gasteiger partial charge in [0, 0.05) is 37.8 Å². The average Bonchev–Trinajstić information content (AvgIpc) is 2.62. The fourth-order valence-electron chi connectivity index (χ4n) is 3.69. The lowest BCUT2D eigenvalue weighted by Crippen LogP contribution is -2.55. The summed E-state index contributed by atoms with van der Waals surface area (Å²) in [5.41, 5.74) is 0.706. The Bertz CT molecular complexity index is 524. The van der Waals surface area contributed by atoms with Gasteiger partial charge in [0.05, 0.1) is 13.2 Å². The molecule has 0 radical (unpaired) electrons. The lowest BCUT2D eigenvalue weighted by atomic mass is 9.91. The molecule has 126 valence electrons. The van der Waals surface area contributed by atoms with Crippen molar-refractivity contribution in [2.45, 2.75) is 37.8 Å². The van der Waals surface area contributed by atoms with Crippen molar-refractivity contribution in [3.63, 3.8) is 0 Å². The quantitative estimate of drug-likeness (QED) is 0.923. The van der Waals surface area contributed by atoms with Crippen LogP contribution in [0.4, 0.5) is 0 Å². The molecule has 2 unspecified atom stereocenters. The number of hydrogen-bond acceptors (Lipinski definition) is 4. The molecule has 1 aromatic carbocycles. The molecule has 5 heteroatoms. The van der Waals surface area contributed by atoms with Crippen LogP contribution >= 0.6 is 0 Å². The van der Waals surface area contributed by atoms with Crippen molar-refractivity contribution in [3.05, 3.63) is 29.8 Å². The molecule has 0 aromatic heterocycles. The van der Waals surface area contributed by atoms with E-state index in [0.29, 0.717) is 5.56 Å². The largest absolute Gasteiger partial charge is 0.497 e. The van der Waals surface area contributed by atoms with Crippen molar-refractivity contribution >= 4 is 5.91 Å². The van der Waals surface area contributed by atoms with Crippen LogP contribution in [0.3, 0.4) is 0 Å². The Morgan fingerprint density at radius 1 is 1.09 bits per heavy atom. The maximum atomic E-state index is 12.6. The van der Waals surface area contributed by atoms with E-state index in [0.717, 1.165) is 51.2 Å². The van der Waals surface area contributed by atoms with Crippen LogP contribution in [0.15, 0.2) is 24.3 Å². The van der Waals surface area contributed by atoms with E-state index in [1.165, 1.54) is 6.42 Å². The molecular weight excluding hydrogens is 292 g/mol. The number of ether oxygens (including phenoxy) is 1. The van der Waals surface area contributed by atoms with Crippen LogP contribution in [-0.4, -0.2) is 66.2 Å². The normalized spacial score (nSPS) is 26.1. The number of aliphatic hydroxyl groups is 1. The van der Waals surface area contributed by atoms with Gasteiger partial charge in [-0.3, -0.25) is 9.69 Å². The highest BCUT2D eigenvalue weighted by atomic mass is 16.5. The first kappa shape index (κ1) is 16.3. The molecule has 1 saturated carbocycles. The van der Waals surface area contributed by atoms with E-state index in [1.54, 1.807) is 7.11 Å². The zero-order valence-corrected chi connectivity index (χ0v) is 13.8. The summed E-state index contributed by atoms with van der Waals surface area (Å²) in [7, 11) is 1.62. The minimum absolute atomic E-state index is 0.0801. The SMILES string of the molecule is COc1ccc(C(=O)N2CCN(C3CCCCC3O)CC2)cc1. The van der Waals surface area contributed by atoms with Gasteiger partial charge in [-0.2, -0.15) is 0 Å². The molecule has 2 aliphatic rings. The zero-order chi connectivity index (χ0) is 16.2. The minimum Gasteiger partial charge on any atom is -0.497 e. The molecular formula is C18H26N2O3. The molecule has 2 fully saturated rings. The molecule has 2 atom stereocenters. The number of amides is 1. The summed E-state index contributed by atoms with van der Waals surface area (Å²) >= 11 is 0. The summed E-state index contributed by atoms with van der Waals surface area (Å²) in [6.07, 6.45) is 4.12. The lowest BCUT2D eigenvalue weighted by molar-refractivity contribution is -0.00172. The van der Waals surface area contributed by atoms with Gasteiger partial charge in [-0.05, 0) is 37.1 Å². The van der Waals surface area contributed by atoms with E-state index < -0.39 is 0 Å². The smallest absolute Gasteiger partial charge is 0.253 e. The summed E-state index contributed by atoms with van der Waals surface area (Å²) in [4.78, 5) is 16.8. The van der Waals surface area contributed by atoms with E-state index in [2.05, 4.69) is 4.90 Å². The third-order valence-electron chi connectivity index (χ3n) is 5.10. The van der Waals surface area contributed by atoms with Crippen molar-refractivity contribution in [2.75, 3.05) is 33.3 Å². The van der Waals surface area contributed by atoms with Gasteiger partial charge in [0.15, 0.2) is 0 Å². The molecule has 1 amide bonds. The summed E-state index contributed by atoms with van der Waals surface area (Å²) in [6, 6.07) is 7.56. The van der Waals surface area contributed by atoms with E-state index in [1.807, 2.05) is 29.2 Å². The first-order chi connectivity index (χ1) is 11.2. The molecule has 1 aromatic rings. The van der Waals surface area contributed by atoms with Crippen molar-refractivity contribution in [1.82, 2.24) is 9.80 Å². The predicted molar refractivity (Wildman–Crippen MR) is 88.7 cm³/mol. The Morgan fingerprint density at radius 2 is 1.74 bits per heavy atom. The van der Waals surface area contributed by atoms with Gasteiger partial charge >= 0.3 is 0 Å². The first-order valence-corrected chi connectivity index (χ1v) is 8.54. The number of hydrogen-bond donors (Lipinski definition) is 1. The van der Waals surface area contributed by atoms with Crippen LogP contribution in [-0.2, 0) is 0 Å². The maximum Gasteiger partial charge on any atom is 0.253 e. The highest BCUT2D eigenvalue weighted by Gasteiger charge is 2.32. The Morgan fingerprint density at radius 3 is 2.35 bits per heavy atom. The van der Waals surface area contributed by atoms with Crippen LogP contribution in [0.2, 0.25) is 0 Å². The molecule has 1 saturated heterocycles. The van der Waals surface area contributed by atoms with Crippen LogP contribution in [0, 0.1) is 0 Å². The zero-order valence-electron chi connectivity index (χ0n) is 13.8. The van der Waals surface area contributed by atoms with E-state index in [4.69, 9.17) is 4.74 Å². The van der Waals surface area contributed by atoms with E-state index in [-0.39, 0.29) is 18.1 Å². The number of nitrogens with zero attached hydrogens (tertiary/aromatic N) is 2. The van der Waals surface area contributed by atoms with Crippen molar-refractivity contribution < 1.29 is 14.6 Å². The second-order valence-electron chi connectivity index (χ2n) is 6.48. The Balaban J connectivity index is 1.56. The molecule has 3 rings (SSSR count). The van der Waals surface area contributed by atoms with Gasteiger partial charge < -0.3 is 14.7 Å². The third kappa shape index (κ3) is 3.67. The van der Waals surface area contributed by atoms with E-state index >= 15 is 0 Å². The molecule has 1 N–H and O–H groups in total. The number of aliphatic hydroxyl groups excluding tert-OH is 1. The molecule has 1 heterocycles. The highest BCUT2D eigenvalue weighted by molar-refractivity contribution is 5.94. The Kier molecular flexibility index (Phi) is 5.18. The van der Waals surface area contributed by atoms with Crippen LogP contribution < -0.4 is 4.74 Å². The molecule has 1 aliphatic carbocycles. The Labute approximate surface area is 137 Å². The first-order valence-electron chi connectivity index (χ1n) is 8.54. The number of carbonyl (C=O) groups is 1. The summed E-state index contributed by atoms with van der Waals surface area (Å²) < 4.78 is 5.13. The van der Waals surface area contributed by atoms with Crippen LogP contribution in [0.5, 0.6) is 5.75 Å². The second kappa shape index (κ2) is 7.32. The second-order valence-corrected chi connectivity index (χ2v) is 6.48. The Hall–Kier alpha value is -1.59. The predicted octanol–water partition coefficient (Wildman–Crippen LogP) is 1.76. The topological polar surface area (TPSA) is 53.0 Å². The van der Waals surface area contributed by atoms with Crippen molar-refractivity contribution in [1.29, 1.82) is 0 Å². The molecule has 5 nitrogen and oxygen atoms in total. The summed E-state index contributed by atoms with van der Waals surface area (Å²) in [5.74, 6) is 0.842. The fraction of sp³-hybridized carbons (Fsp3) is 0.611. The van der Waals surface area contributed by atoms with Gasteiger partial charge in [-0.25, -0.2) is 0 Å². The number of benzene rings is 1. The number of carbonyl (C=O) groups excluding carboxylic acids is 1. The maximum absolute atomic E-state index is 12.6. The van der Waals surface area contributed by atoms with Gasteiger partial charge in [-0.15, -0.1) is 0 Å². The standard InChI is InChI=1S/C18H26N2O3/c1-23-15-8-6-14(7-9-15)18(22)20-12-10-19(11-13-20)16-4-2-3-5-17(16)21/h6-9,16-17,21H,2-5,10-13H2,1H3. The van der Waals surface area contributed by atoms with Gasteiger partial charge in [0.1, 0.15) is 5.75 Å². The average molecular weight is 318 g/mol. The van der Waals surface area contributed by atoms with Crippen molar-refractivity contribution in [2.24, 2.45) is 0 Å². The van der Waals surface area contributed by atoms with Gasteiger partial charge in [-0.1, -0.05) is 12.8 Å². The lowest BCUT2D eigenvalue weighted by Gasteiger charge is -2.42. The fourth-order valence-corrected chi connectivity index (χ4v) is 3.69. The summed E-state index contributed by atoms with van der Waals surface area (Å²) in [6.45, 7) is 3.16. The third-order valence-corrected chi connectivity index (χ3v) is 5.10. The number of piperazine rings is 1. The summed E-state index contributed by atoms with van der Waals surface area (Å²) in [5, 5.41) is 10.2.